The molecule has 3 heteroatoms. The zero-order chi connectivity index (χ0) is 10.1. The van der Waals surface area contributed by atoms with Gasteiger partial charge in [-0.1, -0.05) is 0 Å². The van der Waals surface area contributed by atoms with E-state index in [1.807, 2.05) is 12.1 Å². The molecule has 1 nitrogen and oxygen atoms in total. The van der Waals surface area contributed by atoms with E-state index >= 15 is 0 Å². The molecule has 0 unspecified atom stereocenters. The fourth-order valence-electron chi connectivity index (χ4n) is 1.31. The van der Waals surface area contributed by atoms with Crippen LogP contribution in [0.15, 0.2) is 39.4 Å². The quantitative estimate of drug-likeness (QED) is 0.745. The van der Waals surface area contributed by atoms with Crippen LogP contribution in [0.2, 0.25) is 0 Å². The lowest BCUT2D eigenvalue weighted by molar-refractivity contribution is 0.581. The summed E-state index contributed by atoms with van der Waals surface area (Å²) in [4.78, 5) is 0. The van der Waals surface area contributed by atoms with Crippen molar-refractivity contribution in [2.24, 2.45) is 0 Å². The Labute approximate surface area is 89.7 Å². The van der Waals surface area contributed by atoms with Crippen molar-refractivity contribution in [3.63, 3.8) is 0 Å². The summed E-state index contributed by atoms with van der Waals surface area (Å²) in [6.45, 7) is 1.73. The maximum atomic E-state index is 13.3. The molecule has 0 fully saturated rings. The summed E-state index contributed by atoms with van der Waals surface area (Å²) in [5.41, 5.74) is 1.48. The molecule has 72 valence electrons. The molecule has 0 saturated heterocycles. The molecule has 1 aromatic carbocycles. The number of hydrogen-bond acceptors (Lipinski definition) is 1. The third-order valence-corrected chi connectivity index (χ3v) is 2.59. The van der Waals surface area contributed by atoms with Gasteiger partial charge in [0.2, 0.25) is 0 Å². The van der Waals surface area contributed by atoms with Crippen molar-refractivity contribution < 1.29 is 8.81 Å². The van der Waals surface area contributed by atoms with Crippen molar-refractivity contribution in [2.75, 3.05) is 0 Å². The molecule has 0 atom stereocenters. The van der Waals surface area contributed by atoms with Gasteiger partial charge >= 0.3 is 0 Å². The lowest BCUT2D eigenvalue weighted by Gasteiger charge is -2.02. The van der Waals surface area contributed by atoms with Gasteiger partial charge in [-0.25, -0.2) is 4.39 Å². The minimum Gasteiger partial charge on any atom is -0.464 e. The van der Waals surface area contributed by atoms with Crippen LogP contribution in [0.4, 0.5) is 4.39 Å². The largest absolute Gasteiger partial charge is 0.464 e. The Bertz CT molecular complexity index is 425. The van der Waals surface area contributed by atoms with E-state index in [1.54, 1.807) is 25.3 Å². The summed E-state index contributed by atoms with van der Waals surface area (Å²) >= 11 is 3.17. The van der Waals surface area contributed by atoms with E-state index in [0.29, 0.717) is 10.0 Å². The molecular weight excluding hydrogens is 247 g/mol. The second kappa shape index (κ2) is 3.58. The Hall–Kier alpha value is -1.09. The van der Waals surface area contributed by atoms with Gasteiger partial charge in [0, 0.05) is 5.56 Å². The van der Waals surface area contributed by atoms with Crippen LogP contribution in [0, 0.1) is 12.7 Å². The number of furan rings is 1. The zero-order valence-electron chi connectivity index (χ0n) is 7.55. The van der Waals surface area contributed by atoms with Crippen molar-refractivity contribution in [2.45, 2.75) is 6.92 Å². The summed E-state index contributed by atoms with van der Waals surface area (Å²) in [6.07, 6.45) is 1.60. The van der Waals surface area contributed by atoms with E-state index in [0.717, 1.165) is 11.3 Å². The van der Waals surface area contributed by atoms with Crippen molar-refractivity contribution in [3.05, 3.63) is 46.4 Å². The van der Waals surface area contributed by atoms with Gasteiger partial charge in [0.25, 0.3) is 0 Å². The number of hydrogen-bond donors (Lipinski definition) is 0. The molecule has 14 heavy (non-hydrogen) atoms. The fourth-order valence-corrected chi connectivity index (χ4v) is 1.87. The van der Waals surface area contributed by atoms with Gasteiger partial charge in [-0.2, -0.15) is 0 Å². The van der Waals surface area contributed by atoms with Crippen molar-refractivity contribution in [1.82, 2.24) is 0 Å². The molecule has 0 spiro atoms. The maximum absolute atomic E-state index is 13.3. The summed E-state index contributed by atoms with van der Waals surface area (Å²) in [6, 6.07) is 7.13. The maximum Gasteiger partial charge on any atom is 0.140 e. The molecular formula is C11H8BrFO. The van der Waals surface area contributed by atoms with Gasteiger partial charge < -0.3 is 4.42 Å². The second-order valence-corrected chi connectivity index (χ2v) is 3.92. The van der Waals surface area contributed by atoms with E-state index in [4.69, 9.17) is 4.42 Å². The van der Waals surface area contributed by atoms with Gasteiger partial charge in [-0.3, -0.25) is 0 Å². The summed E-state index contributed by atoms with van der Waals surface area (Å²) in [7, 11) is 0. The van der Waals surface area contributed by atoms with Crippen LogP contribution >= 0.6 is 15.9 Å². The standard InChI is InChI=1S/C11H8BrFO/c1-7-5-8(6-9(12)11(7)13)10-3-2-4-14-10/h2-6H,1H3. The number of rotatable bonds is 1. The highest BCUT2D eigenvalue weighted by Crippen LogP contribution is 2.27. The van der Waals surface area contributed by atoms with E-state index in [1.165, 1.54) is 0 Å². The van der Waals surface area contributed by atoms with E-state index in [-0.39, 0.29) is 5.82 Å². The summed E-state index contributed by atoms with van der Waals surface area (Å²) < 4.78 is 19.0. The zero-order valence-corrected chi connectivity index (χ0v) is 9.14. The Kier molecular flexibility index (Phi) is 2.42. The van der Waals surface area contributed by atoms with Crippen LogP contribution in [-0.4, -0.2) is 0 Å². The van der Waals surface area contributed by atoms with Crippen molar-refractivity contribution in [3.8, 4) is 11.3 Å². The number of halogens is 2. The molecule has 0 radical (unpaired) electrons. The lowest BCUT2D eigenvalue weighted by atomic mass is 10.1. The Morgan fingerprint density at radius 2 is 2.14 bits per heavy atom. The van der Waals surface area contributed by atoms with Gasteiger partial charge in [0.05, 0.1) is 10.7 Å². The third kappa shape index (κ3) is 1.60. The van der Waals surface area contributed by atoms with E-state index < -0.39 is 0 Å². The van der Waals surface area contributed by atoms with Crippen LogP contribution < -0.4 is 0 Å². The van der Waals surface area contributed by atoms with Crippen LogP contribution in [0.25, 0.3) is 11.3 Å². The van der Waals surface area contributed by atoms with Crippen LogP contribution in [-0.2, 0) is 0 Å². The first-order chi connectivity index (χ1) is 6.68. The summed E-state index contributed by atoms with van der Waals surface area (Å²) in [5.74, 6) is 0.522. The predicted molar refractivity (Wildman–Crippen MR) is 56.5 cm³/mol. The minimum absolute atomic E-state index is 0.222. The number of aryl methyl sites for hydroxylation is 1. The average Bonchev–Trinajstić information content (AvgIpc) is 2.66. The van der Waals surface area contributed by atoms with Gasteiger partial charge in [-0.05, 0) is 52.7 Å². The average molecular weight is 255 g/mol. The summed E-state index contributed by atoms with van der Waals surface area (Å²) in [5, 5.41) is 0. The molecule has 1 heterocycles. The normalized spacial score (nSPS) is 10.5. The van der Waals surface area contributed by atoms with E-state index in [9.17, 15) is 4.39 Å². The first kappa shape index (κ1) is 9.46. The van der Waals surface area contributed by atoms with Crippen LogP contribution in [0.5, 0.6) is 0 Å². The molecule has 2 aromatic rings. The van der Waals surface area contributed by atoms with Crippen molar-refractivity contribution >= 4 is 15.9 Å². The Morgan fingerprint density at radius 3 is 2.71 bits per heavy atom. The topological polar surface area (TPSA) is 13.1 Å². The highest BCUT2D eigenvalue weighted by molar-refractivity contribution is 9.10. The highest BCUT2D eigenvalue weighted by Gasteiger charge is 2.08. The SMILES string of the molecule is Cc1cc(-c2ccco2)cc(Br)c1F. The van der Waals surface area contributed by atoms with Crippen LogP contribution in [0.3, 0.4) is 0 Å². The third-order valence-electron chi connectivity index (χ3n) is 2.02. The molecule has 0 aliphatic carbocycles. The predicted octanol–water partition coefficient (Wildman–Crippen LogP) is 4.16. The van der Waals surface area contributed by atoms with Gasteiger partial charge in [0.15, 0.2) is 0 Å². The Balaban J connectivity index is 2.57. The Morgan fingerprint density at radius 1 is 1.36 bits per heavy atom. The first-order valence-corrected chi connectivity index (χ1v) is 4.97. The van der Waals surface area contributed by atoms with Crippen LogP contribution in [0.1, 0.15) is 5.56 Å². The molecule has 0 N–H and O–H groups in total. The molecule has 1 aromatic heterocycles. The van der Waals surface area contributed by atoms with Gasteiger partial charge in [-0.15, -0.1) is 0 Å². The minimum atomic E-state index is -0.222. The molecule has 0 bridgehead atoms. The second-order valence-electron chi connectivity index (χ2n) is 3.07. The smallest absolute Gasteiger partial charge is 0.140 e. The number of benzene rings is 1. The molecule has 2 rings (SSSR count). The molecule has 0 amide bonds. The van der Waals surface area contributed by atoms with Gasteiger partial charge in [0.1, 0.15) is 11.6 Å². The molecule has 0 aliphatic heterocycles. The first-order valence-electron chi connectivity index (χ1n) is 4.18. The monoisotopic (exact) mass is 254 g/mol. The molecule has 0 saturated carbocycles. The molecule has 0 aliphatic rings. The fraction of sp³-hybridized carbons (Fsp3) is 0.0909. The highest BCUT2D eigenvalue weighted by atomic mass is 79.9. The lowest BCUT2D eigenvalue weighted by Crippen LogP contribution is -1.85. The van der Waals surface area contributed by atoms with Crippen molar-refractivity contribution in [1.29, 1.82) is 0 Å². The van der Waals surface area contributed by atoms with E-state index in [2.05, 4.69) is 15.9 Å².